The zero-order chi connectivity index (χ0) is 20.7. The van der Waals surface area contributed by atoms with Gasteiger partial charge in [-0.2, -0.15) is 0 Å². The van der Waals surface area contributed by atoms with Gasteiger partial charge in [-0.3, -0.25) is 4.79 Å². The Morgan fingerprint density at radius 3 is 2.31 bits per heavy atom. The number of amides is 1. The predicted molar refractivity (Wildman–Crippen MR) is 108 cm³/mol. The third-order valence-corrected chi connectivity index (χ3v) is 5.15. The average molecular weight is 390 g/mol. The van der Waals surface area contributed by atoms with E-state index in [2.05, 4.69) is 17.2 Å². The van der Waals surface area contributed by atoms with Gasteiger partial charge in [0.2, 0.25) is 0 Å². The van der Waals surface area contributed by atoms with Gasteiger partial charge in [0.05, 0.1) is 6.04 Å². The average Bonchev–Trinajstić information content (AvgIpc) is 2.73. The molecule has 1 saturated carbocycles. The van der Waals surface area contributed by atoms with Gasteiger partial charge in [0.1, 0.15) is 5.60 Å². The Hall–Kier alpha value is -3.10. The Kier molecular flexibility index (Phi) is 6.69. The number of aliphatic carboxylic acids is 1. The first kappa shape index (κ1) is 20.6. The highest BCUT2D eigenvalue weighted by Gasteiger charge is 2.26. The SMILES string of the molecule is O=C([O-])C[C@H](NC(=O)c1ccc(C#CC2(O)CCCCC2)cc1)c1ccccc1. The van der Waals surface area contributed by atoms with E-state index in [0.717, 1.165) is 24.8 Å². The number of carboxylic acids is 1. The highest BCUT2D eigenvalue weighted by molar-refractivity contribution is 5.94. The number of benzene rings is 2. The molecule has 0 radical (unpaired) electrons. The maximum atomic E-state index is 12.6. The molecule has 0 unspecified atom stereocenters. The Morgan fingerprint density at radius 1 is 1.03 bits per heavy atom. The third kappa shape index (κ3) is 5.94. The van der Waals surface area contributed by atoms with Gasteiger partial charge in [0.25, 0.3) is 5.91 Å². The summed E-state index contributed by atoms with van der Waals surface area (Å²) in [4.78, 5) is 23.7. The summed E-state index contributed by atoms with van der Waals surface area (Å²) >= 11 is 0. The number of nitrogens with one attached hydrogen (secondary N) is 1. The lowest BCUT2D eigenvalue weighted by molar-refractivity contribution is -0.306. The molecule has 2 aromatic rings. The minimum absolute atomic E-state index is 0.308. The van der Waals surface area contributed by atoms with Crippen LogP contribution in [0.25, 0.3) is 0 Å². The van der Waals surface area contributed by atoms with Crippen LogP contribution in [0.15, 0.2) is 54.6 Å². The maximum absolute atomic E-state index is 12.6. The molecular weight excluding hydrogens is 366 g/mol. The second-order valence-corrected chi connectivity index (χ2v) is 7.43. The topological polar surface area (TPSA) is 89.5 Å². The molecule has 2 aromatic carbocycles. The van der Waals surface area contributed by atoms with Crippen LogP contribution in [-0.2, 0) is 4.79 Å². The molecule has 1 fully saturated rings. The molecule has 2 N–H and O–H groups in total. The molecule has 150 valence electrons. The minimum atomic E-state index is -1.23. The van der Waals surface area contributed by atoms with Crippen LogP contribution in [0.4, 0.5) is 0 Å². The lowest BCUT2D eigenvalue weighted by atomic mass is 9.85. The number of rotatable bonds is 5. The van der Waals surface area contributed by atoms with Gasteiger partial charge in [0, 0.05) is 23.5 Å². The Morgan fingerprint density at radius 2 is 1.69 bits per heavy atom. The normalized spacial score (nSPS) is 16.2. The second-order valence-electron chi connectivity index (χ2n) is 7.43. The van der Waals surface area contributed by atoms with E-state index in [4.69, 9.17) is 0 Å². The molecule has 1 aliphatic rings. The Balaban J connectivity index is 1.68. The Bertz CT molecular complexity index is 903. The number of hydrogen-bond donors (Lipinski definition) is 2. The summed E-state index contributed by atoms with van der Waals surface area (Å²) in [5.74, 6) is 4.37. The van der Waals surface area contributed by atoms with E-state index in [0.29, 0.717) is 24.0 Å². The van der Waals surface area contributed by atoms with E-state index >= 15 is 0 Å². The zero-order valence-electron chi connectivity index (χ0n) is 16.2. The molecule has 0 aliphatic heterocycles. The fourth-order valence-corrected chi connectivity index (χ4v) is 3.50. The number of hydrogen-bond acceptors (Lipinski definition) is 4. The van der Waals surface area contributed by atoms with Crippen molar-refractivity contribution in [3.8, 4) is 11.8 Å². The first-order valence-corrected chi connectivity index (χ1v) is 9.86. The smallest absolute Gasteiger partial charge is 0.251 e. The molecule has 1 amide bonds. The number of carboxylic acid groups (broad SMARTS) is 1. The third-order valence-electron chi connectivity index (χ3n) is 5.15. The fourth-order valence-electron chi connectivity index (χ4n) is 3.50. The van der Waals surface area contributed by atoms with Gasteiger partial charge in [-0.05, 0) is 55.5 Å². The van der Waals surface area contributed by atoms with E-state index in [-0.39, 0.29) is 12.3 Å². The van der Waals surface area contributed by atoms with E-state index in [1.807, 2.05) is 6.07 Å². The fraction of sp³-hybridized carbons (Fsp3) is 0.333. The molecule has 0 saturated heterocycles. The monoisotopic (exact) mass is 390 g/mol. The lowest BCUT2D eigenvalue weighted by Gasteiger charge is -2.26. The first-order chi connectivity index (χ1) is 14.0. The molecule has 0 aromatic heterocycles. The quantitative estimate of drug-likeness (QED) is 0.767. The molecule has 1 aliphatic carbocycles. The molecule has 1 atom stereocenters. The van der Waals surface area contributed by atoms with Gasteiger partial charge in [-0.25, -0.2) is 0 Å². The van der Waals surface area contributed by atoms with Crippen molar-refractivity contribution >= 4 is 11.9 Å². The summed E-state index contributed by atoms with van der Waals surface area (Å²) in [6, 6.07) is 15.0. The molecule has 29 heavy (non-hydrogen) atoms. The van der Waals surface area contributed by atoms with Crippen LogP contribution in [0.1, 0.15) is 66.1 Å². The van der Waals surface area contributed by atoms with E-state index in [1.54, 1.807) is 48.5 Å². The molecule has 0 bridgehead atoms. The van der Waals surface area contributed by atoms with Crippen molar-refractivity contribution in [1.82, 2.24) is 5.32 Å². The number of aliphatic hydroxyl groups is 1. The Labute approximate surface area is 170 Å². The summed E-state index contributed by atoms with van der Waals surface area (Å²) in [6.45, 7) is 0. The van der Waals surface area contributed by atoms with Crippen molar-refractivity contribution in [1.29, 1.82) is 0 Å². The van der Waals surface area contributed by atoms with Gasteiger partial charge >= 0.3 is 0 Å². The van der Waals surface area contributed by atoms with Crippen LogP contribution < -0.4 is 10.4 Å². The minimum Gasteiger partial charge on any atom is -0.550 e. The standard InChI is InChI=1S/C24H25NO4/c26-22(27)17-21(19-7-3-1-4-8-19)25-23(28)20-11-9-18(10-12-20)13-16-24(29)14-5-2-6-15-24/h1,3-4,7-12,21,29H,2,5-6,14-15,17H2,(H,25,28)(H,26,27)/p-1/t21-/m0/s1. The van der Waals surface area contributed by atoms with E-state index in [1.165, 1.54) is 0 Å². The summed E-state index contributed by atoms with van der Waals surface area (Å²) in [5, 5.41) is 24.3. The molecule has 0 heterocycles. The van der Waals surface area contributed by atoms with Crippen molar-refractivity contribution in [3.05, 3.63) is 71.3 Å². The molecule has 5 heteroatoms. The zero-order valence-corrected chi connectivity index (χ0v) is 16.2. The van der Waals surface area contributed by atoms with Crippen molar-refractivity contribution in [2.75, 3.05) is 0 Å². The van der Waals surface area contributed by atoms with Gasteiger partial charge < -0.3 is 20.3 Å². The maximum Gasteiger partial charge on any atom is 0.251 e. The molecule has 3 rings (SSSR count). The second kappa shape index (κ2) is 9.40. The van der Waals surface area contributed by atoms with E-state index in [9.17, 15) is 19.8 Å². The van der Waals surface area contributed by atoms with Gasteiger partial charge in [0.15, 0.2) is 0 Å². The molecule has 0 spiro atoms. The number of carbonyl (C=O) groups excluding carboxylic acids is 2. The van der Waals surface area contributed by atoms with Crippen LogP contribution in [-0.4, -0.2) is 22.6 Å². The van der Waals surface area contributed by atoms with Crippen molar-refractivity contribution in [3.63, 3.8) is 0 Å². The van der Waals surface area contributed by atoms with Crippen LogP contribution in [0.3, 0.4) is 0 Å². The summed E-state index contributed by atoms with van der Waals surface area (Å²) in [5.41, 5.74) is 0.914. The summed E-state index contributed by atoms with van der Waals surface area (Å²) < 4.78 is 0. The highest BCUT2D eigenvalue weighted by Crippen LogP contribution is 2.27. The van der Waals surface area contributed by atoms with Crippen LogP contribution >= 0.6 is 0 Å². The first-order valence-electron chi connectivity index (χ1n) is 9.86. The van der Waals surface area contributed by atoms with Gasteiger partial charge in [-0.1, -0.05) is 48.6 Å². The van der Waals surface area contributed by atoms with Crippen molar-refractivity contribution < 1.29 is 19.8 Å². The van der Waals surface area contributed by atoms with Gasteiger partial charge in [-0.15, -0.1) is 0 Å². The summed E-state index contributed by atoms with van der Waals surface area (Å²) in [7, 11) is 0. The highest BCUT2D eigenvalue weighted by atomic mass is 16.4. The van der Waals surface area contributed by atoms with Crippen LogP contribution in [0, 0.1) is 11.8 Å². The predicted octanol–water partition coefficient (Wildman–Crippen LogP) is 2.34. The van der Waals surface area contributed by atoms with E-state index < -0.39 is 17.6 Å². The van der Waals surface area contributed by atoms with Crippen molar-refractivity contribution in [2.24, 2.45) is 0 Å². The molecular formula is C24H24NO4-. The lowest BCUT2D eigenvalue weighted by Crippen LogP contribution is -2.34. The van der Waals surface area contributed by atoms with Crippen LogP contribution in [0.5, 0.6) is 0 Å². The largest absolute Gasteiger partial charge is 0.550 e. The number of carbonyl (C=O) groups is 2. The molecule has 5 nitrogen and oxygen atoms in total. The summed E-state index contributed by atoms with van der Waals surface area (Å²) in [6.07, 6.45) is 4.19. The van der Waals surface area contributed by atoms with Crippen molar-refractivity contribution in [2.45, 2.75) is 50.2 Å². The van der Waals surface area contributed by atoms with Crippen LogP contribution in [0.2, 0.25) is 0 Å².